The van der Waals surface area contributed by atoms with Crippen LogP contribution < -0.4 is 11.1 Å². The van der Waals surface area contributed by atoms with Gasteiger partial charge in [0.25, 0.3) is 5.91 Å². The van der Waals surface area contributed by atoms with E-state index in [1.165, 1.54) is 0 Å². The van der Waals surface area contributed by atoms with Crippen LogP contribution in [0.25, 0.3) is 11.0 Å². The van der Waals surface area contributed by atoms with E-state index < -0.39 is 0 Å². The molecule has 0 aromatic carbocycles. The van der Waals surface area contributed by atoms with E-state index in [0.29, 0.717) is 12.1 Å². The molecule has 1 amide bonds. The lowest BCUT2D eigenvalue weighted by atomic mass is 9.96. The highest BCUT2D eigenvalue weighted by molar-refractivity contribution is 6.07. The van der Waals surface area contributed by atoms with Crippen LogP contribution >= 0.6 is 0 Å². The molecule has 1 aliphatic carbocycles. The number of aryl methyl sites for hydroxylation is 1. The standard InChI is InChI=1S/C21H33N5O/c1-13(2)16-11-15(19(27)24-21(12-22)9-7-8-10-21)17-14(3)25-26(18(17)23-16)20(4,5)6/h11,13H,7-10,12,22H2,1-6H3,(H,24,27). The summed E-state index contributed by atoms with van der Waals surface area (Å²) in [5.74, 6) is 0.160. The Morgan fingerprint density at radius 3 is 2.48 bits per heavy atom. The van der Waals surface area contributed by atoms with Crippen molar-refractivity contribution in [3.8, 4) is 0 Å². The number of fused-ring (bicyclic) bond motifs is 1. The smallest absolute Gasteiger partial charge is 0.252 e. The molecular formula is C21H33N5O. The minimum Gasteiger partial charge on any atom is -0.345 e. The maximum atomic E-state index is 13.3. The molecule has 1 fully saturated rings. The first-order valence-corrected chi connectivity index (χ1v) is 10.0. The van der Waals surface area contributed by atoms with Crippen molar-refractivity contribution in [3.05, 3.63) is 23.0 Å². The van der Waals surface area contributed by atoms with Gasteiger partial charge in [-0.15, -0.1) is 0 Å². The number of nitrogens with two attached hydrogens (primary N) is 1. The molecule has 0 aliphatic heterocycles. The Kier molecular flexibility index (Phi) is 5.06. The maximum absolute atomic E-state index is 13.3. The van der Waals surface area contributed by atoms with Crippen LogP contribution in [0.5, 0.6) is 0 Å². The summed E-state index contributed by atoms with van der Waals surface area (Å²) in [6.07, 6.45) is 4.12. The molecule has 148 valence electrons. The predicted octanol–water partition coefficient (Wildman–Crippen LogP) is 3.62. The first kappa shape index (κ1) is 19.8. The zero-order chi connectivity index (χ0) is 20.0. The van der Waals surface area contributed by atoms with Gasteiger partial charge in [-0.25, -0.2) is 9.67 Å². The van der Waals surface area contributed by atoms with Crippen LogP contribution in [0.3, 0.4) is 0 Å². The summed E-state index contributed by atoms with van der Waals surface area (Å²) in [7, 11) is 0. The Morgan fingerprint density at radius 2 is 1.96 bits per heavy atom. The van der Waals surface area contributed by atoms with Crippen LogP contribution in [0.2, 0.25) is 0 Å². The Labute approximate surface area is 161 Å². The van der Waals surface area contributed by atoms with E-state index in [0.717, 1.165) is 48.1 Å². The summed E-state index contributed by atoms with van der Waals surface area (Å²) in [5, 5.41) is 8.83. The fourth-order valence-electron chi connectivity index (χ4n) is 3.99. The summed E-state index contributed by atoms with van der Waals surface area (Å²) in [5.41, 5.74) is 8.73. The fourth-order valence-corrected chi connectivity index (χ4v) is 3.99. The van der Waals surface area contributed by atoms with Crippen molar-refractivity contribution < 1.29 is 4.79 Å². The molecule has 0 spiro atoms. The van der Waals surface area contributed by atoms with Crippen LogP contribution in [0.1, 0.15) is 88.0 Å². The van der Waals surface area contributed by atoms with Crippen molar-refractivity contribution in [2.45, 2.75) is 84.2 Å². The van der Waals surface area contributed by atoms with Gasteiger partial charge in [0, 0.05) is 12.2 Å². The highest BCUT2D eigenvalue weighted by Gasteiger charge is 2.35. The highest BCUT2D eigenvalue weighted by Crippen LogP contribution is 2.32. The van der Waals surface area contributed by atoms with Gasteiger partial charge in [-0.2, -0.15) is 5.10 Å². The minimum absolute atomic E-state index is 0.0618. The lowest BCUT2D eigenvalue weighted by Gasteiger charge is -2.29. The van der Waals surface area contributed by atoms with Gasteiger partial charge in [-0.3, -0.25) is 4.79 Å². The Morgan fingerprint density at radius 1 is 1.33 bits per heavy atom. The van der Waals surface area contributed by atoms with Gasteiger partial charge in [-0.05, 0) is 52.5 Å². The van der Waals surface area contributed by atoms with E-state index in [1.807, 2.05) is 17.7 Å². The molecule has 6 heteroatoms. The normalized spacial score (nSPS) is 17.0. The SMILES string of the molecule is Cc1nn(C(C)(C)C)c2nc(C(C)C)cc(C(=O)NC3(CN)CCCC3)c12. The lowest BCUT2D eigenvalue weighted by molar-refractivity contribution is 0.0904. The first-order valence-electron chi connectivity index (χ1n) is 10.0. The fraction of sp³-hybridized carbons (Fsp3) is 0.667. The van der Waals surface area contributed by atoms with E-state index in [9.17, 15) is 4.79 Å². The monoisotopic (exact) mass is 371 g/mol. The van der Waals surface area contributed by atoms with E-state index >= 15 is 0 Å². The van der Waals surface area contributed by atoms with E-state index in [4.69, 9.17) is 15.8 Å². The van der Waals surface area contributed by atoms with Crippen molar-refractivity contribution in [2.75, 3.05) is 6.54 Å². The molecule has 0 bridgehead atoms. The van der Waals surface area contributed by atoms with Crippen LogP contribution in [-0.2, 0) is 5.54 Å². The summed E-state index contributed by atoms with van der Waals surface area (Å²) < 4.78 is 1.94. The maximum Gasteiger partial charge on any atom is 0.252 e. The number of nitrogens with one attached hydrogen (secondary N) is 1. The van der Waals surface area contributed by atoms with Crippen molar-refractivity contribution in [1.29, 1.82) is 0 Å². The Bertz CT molecular complexity index is 854. The van der Waals surface area contributed by atoms with Crippen molar-refractivity contribution in [1.82, 2.24) is 20.1 Å². The van der Waals surface area contributed by atoms with Gasteiger partial charge in [0.1, 0.15) is 0 Å². The molecule has 2 aromatic heterocycles. The van der Waals surface area contributed by atoms with E-state index in [1.54, 1.807) is 0 Å². The number of nitrogens with zero attached hydrogens (tertiary/aromatic N) is 3. The molecule has 0 atom stereocenters. The number of carbonyl (C=O) groups excluding carboxylic acids is 1. The minimum atomic E-state index is -0.279. The molecule has 1 aliphatic rings. The van der Waals surface area contributed by atoms with Crippen molar-refractivity contribution in [3.63, 3.8) is 0 Å². The van der Waals surface area contributed by atoms with Gasteiger partial charge in [0.2, 0.25) is 0 Å². The molecule has 0 unspecified atom stereocenters. The van der Waals surface area contributed by atoms with Crippen molar-refractivity contribution in [2.24, 2.45) is 5.73 Å². The topological polar surface area (TPSA) is 85.8 Å². The van der Waals surface area contributed by atoms with Gasteiger partial charge in [0.05, 0.1) is 27.7 Å². The van der Waals surface area contributed by atoms with Crippen LogP contribution in [0.4, 0.5) is 0 Å². The summed E-state index contributed by atoms with van der Waals surface area (Å²) in [6, 6.07) is 1.93. The average molecular weight is 372 g/mol. The largest absolute Gasteiger partial charge is 0.345 e. The van der Waals surface area contributed by atoms with Gasteiger partial charge >= 0.3 is 0 Å². The zero-order valence-electron chi connectivity index (χ0n) is 17.5. The summed E-state index contributed by atoms with van der Waals surface area (Å²) >= 11 is 0. The number of aromatic nitrogens is 3. The lowest BCUT2D eigenvalue weighted by Crippen LogP contribution is -2.51. The first-order chi connectivity index (χ1) is 12.6. The van der Waals surface area contributed by atoms with Gasteiger partial charge in [0.15, 0.2) is 5.65 Å². The third-order valence-corrected chi connectivity index (χ3v) is 5.63. The number of rotatable bonds is 4. The third kappa shape index (κ3) is 3.59. The molecule has 27 heavy (non-hydrogen) atoms. The zero-order valence-corrected chi connectivity index (χ0v) is 17.5. The Hall–Kier alpha value is -1.95. The Balaban J connectivity index is 2.16. The van der Waals surface area contributed by atoms with Crippen molar-refractivity contribution >= 4 is 16.9 Å². The highest BCUT2D eigenvalue weighted by atomic mass is 16.1. The quantitative estimate of drug-likeness (QED) is 0.859. The number of amides is 1. The second kappa shape index (κ2) is 6.89. The van der Waals surface area contributed by atoms with Crippen LogP contribution in [0.15, 0.2) is 6.07 Å². The number of pyridine rings is 1. The van der Waals surface area contributed by atoms with Gasteiger partial charge in [-0.1, -0.05) is 26.7 Å². The number of hydrogen-bond acceptors (Lipinski definition) is 4. The summed E-state index contributed by atoms with van der Waals surface area (Å²) in [6.45, 7) is 12.9. The molecule has 2 aromatic rings. The molecule has 2 heterocycles. The number of carbonyl (C=O) groups is 1. The molecule has 3 rings (SSSR count). The molecule has 0 radical (unpaired) electrons. The summed E-state index contributed by atoms with van der Waals surface area (Å²) in [4.78, 5) is 18.2. The molecule has 6 nitrogen and oxygen atoms in total. The van der Waals surface area contributed by atoms with Crippen LogP contribution in [-0.4, -0.2) is 32.8 Å². The number of hydrogen-bond donors (Lipinski definition) is 2. The molecule has 3 N–H and O–H groups in total. The molecular weight excluding hydrogens is 338 g/mol. The van der Waals surface area contributed by atoms with E-state index in [-0.39, 0.29) is 22.9 Å². The van der Waals surface area contributed by atoms with E-state index in [2.05, 4.69) is 39.9 Å². The van der Waals surface area contributed by atoms with Gasteiger partial charge < -0.3 is 11.1 Å². The molecule has 0 saturated heterocycles. The average Bonchev–Trinajstić information content (AvgIpc) is 3.19. The van der Waals surface area contributed by atoms with Crippen LogP contribution in [0, 0.1) is 6.92 Å². The second-order valence-corrected chi connectivity index (χ2v) is 9.26. The second-order valence-electron chi connectivity index (χ2n) is 9.26. The third-order valence-electron chi connectivity index (χ3n) is 5.63. The predicted molar refractivity (Wildman–Crippen MR) is 109 cm³/mol. The molecule has 1 saturated carbocycles.